The van der Waals surface area contributed by atoms with Gasteiger partial charge in [0, 0.05) is 19.2 Å². The summed E-state index contributed by atoms with van der Waals surface area (Å²) >= 11 is 5.82. The summed E-state index contributed by atoms with van der Waals surface area (Å²) < 4.78 is 19.3. The summed E-state index contributed by atoms with van der Waals surface area (Å²) in [5, 5.41) is 9.23. The van der Waals surface area contributed by atoms with Crippen molar-refractivity contribution in [3.63, 3.8) is 0 Å². The zero-order valence-electron chi connectivity index (χ0n) is 15.4. The Kier molecular flexibility index (Phi) is 6.97. The number of carbonyl (C=O) groups is 1. The fraction of sp³-hybridized carbons (Fsp3) is 0.474. The van der Waals surface area contributed by atoms with Crippen LogP contribution in [0.25, 0.3) is 0 Å². The minimum absolute atomic E-state index is 0.0868. The fourth-order valence-electron chi connectivity index (χ4n) is 3.25. The van der Waals surface area contributed by atoms with E-state index in [4.69, 9.17) is 21.4 Å². The number of ether oxygens (including phenoxy) is 1. The molecule has 2 aromatic heterocycles. The minimum atomic E-state index is -1.12. The first-order chi connectivity index (χ1) is 13.5. The summed E-state index contributed by atoms with van der Waals surface area (Å²) in [7, 11) is 0. The number of hydrogen-bond acceptors (Lipinski definition) is 6. The molecule has 150 valence electrons. The predicted octanol–water partition coefficient (Wildman–Crippen LogP) is 3.37. The Morgan fingerprint density at radius 2 is 1.96 bits per heavy atom. The maximum Gasteiger partial charge on any atom is 0.309 e. The van der Waals surface area contributed by atoms with Crippen LogP contribution < -0.4 is 9.64 Å². The second-order valence-corrected chi connectivity index (χ2v) is 7.23. The number of pyridine rings is 1. The molecule has 0 saturated carbocycles. The SMILES string of the molecule is O=C(O)Cc1ncc(OCCCC2CCN(c3ncc(Cl)cn3)CC2)cc1F. The Morgan fingerprint density at radius 3 is 2.61 bits per heavy atom. The van der Waals surface area contributed by atoms with Crippen molar-refractivity contribution in [2.24, 2.45) is 5.92 Å². The summed E-state index contributed by atoms with van der Waals surface area (Å²) in [4.78, 5) is 25.1. The molecule has 0 atom stereocenters. The maximum absolute atomic E-state index is 13.8. The normalized spacial score (nSPS) is 14.9. The van der Waals surface area contributed by atoms with E-state index < -0.39 is 18.2 Å². The quantitative estimate of drug-likeness (QED) is 0.670. The van der Waals surface area contributed by atoms with Crippen LogP contribution >= 0.6 is 11.6 Å². The van der Waals surface area contributed by atoms with Gasteiger partial charge >= 0.3 is 5.97 Å². The molecule has 3 heterocycles. The molecular formula is C19H22ClFN4O3. The summed E-state index contributed by atoms with van der Waals surface area (Å²) in [6.45, 7) is 2.29. The largest absolute Gasteiger partial charge is 0.492 e. The number of carboxylic acid groups (broad SMARTS) is 1. The summed E-state index contributed by atoms with van der Waals surface area (Å²) in [5.41, 5.74) is -0.0868. The van der Waals surface area contributed by atoms with E-state index in [9.17, 15) is 9.18 Å². The average molecular weight is 409 g/mol. The summed E-state index contributed by atoms with van der Waals surface area (Å²) in [6.07, 6.45) is 8.16. The molecule has 2 aromatic rings. The van der Waals surface area contributed by atoms with Gasteiger partial charge in [-0.1, -0.05) is 11.6 Å². The van der Waals surface area contributed by atoms with Crippen LogP contribution in [0.3, 0.4) is 0 Å². The third-order valence-electron chi connectivity index (χ3n) is 4.74. The second-order valence-electron chi connectivity index (χ2n) is 6.79. The van der Waals surface area contributed by atoms with E-state index in [1.54, 1.807) is 12.4 Å². The first-order valence-electron chi connectivity index (χ1n) is 9.23. The molecule has 0 aliphatic carbocycles. The van der Waals surface area contributed by atoms with Crippen molar-refractivity contribution in [3.05, 3.63) is 41.2 Å². The summed E-state index contributed by atoms with van der Waals surface area (Å²) in [5.74, 6) is -0.126. The molecule has 0 aromatic carbocycles. The van der Waals surface area contributed by atoms with E-state index in [0.717, 1.165) is 38.8 Å². The topological polar surface area (TPSA) is 88.4 Å². The molecule has 1 aliphatic rings. The lowest BCUT2D eigenvalue weighted by molar-refractivity contribution is -0.136. The molecule has 1 aliphatic heterocycles. The Balaban J connectivity index is 1.36. The second kappa shape index (κ2) is 9.64. The van der Waals surface area contributed by atoms with Crippen LogP contribution in [-0.4, -0.2) is 45.7 Å². The van der Waals surface area contributed by atoms with Crippen LogP contribution in [0.15, 0.2) is 24.7 Å². The third kappa shape index (κ3) is 5.76. The van der Waals surface area contributed by atoms with Crippen molar-refractivity contribution in [1.82, 2.24) is 15.0 Å². The zero-order chi connectivity index (χ0) is 19.9. The third-order valence-corrected chi connectivity index (χ3v) is 4.94. The molecule has 1 N–H and O–H groups in total. The fourth-order valence-corrected chi connectivity index (χ4v) is 3.35. The lowest BCUT2D eigenvalue weighted by Gasteiger charge is -2.31. The molecule has 0 unspecified atom stereocenters. The Bertz CT molecular complexity index is 798. The highest BCUT2D eigenvalue weighted by atomic mass is 35.5. The molecule has 0 amide bonds. The highest BCUT2D eigenvalue weighted by Crippen LogP contribution is 2.24. The van der Waals surface area contributed by atoms with Gasteiger partial charge < -0.3 is 14.7 Å². The van der Waals surface area contributed by atoms with Crippen molar-refractivity contribution >= 4 is 23.5 Å². The number of rotatable bonds is 8. The van der Waals surface area contributed by atoms with Crippen LogP contribution in [-0.2, 0) is 11.2 Å². The predicted molar refractivity (Wildman–Crippen MR) is 102 cm³/mol. The molecular weight excluding hydrogens is 387 g/mol. The maximum atomic E-state index is 13.8. The standard InChI is InChI=1S/C19H22ClFN4O3/c20-14-10-23-19(24-11-14)25-5-3-13(4-6-25)2-1-7-28-15-8-16(21)17(22-12-15)9-18(26)27/h8,10-13H,1-7,9H2,(H,26,27). The van der Waals surface area contributed by atoms with Gasteiger partial charge in [0.15, 0.2) is 0 Å². The first-order valence-corrected chi connectivity index (χ1v) is 9.60. The lowest BCUT2D eigenvalue weighted by atomic mass is 9.92. The van der Waals surface area contributed by atoms with E-state index in [0.29, 0.717) is 29.2 Å². The monoisotopic (exact) mass is 408 g/mol. The van der Waals surface area contributed by atoms with Crippen molar-refractivity contribution in [2.75, 3.05) is 24.6 Å². The van der Waals surface area contributed by atoms with E-state index in [-0.39, 0.29) is 5.69 Å². The van der Waals surface area contributed by atoms with Crippen LogP contribution in [0.2, 0.25) is 5.02 Å². The van der Waals surface area contributed by atoms with Crippen molar-refractivity contribution in [1.29, 1.82) is 0 Å². The van der Waals surface area contributed by atoms with Gasteiger partial charge in [0.2, 0.25) is 5.95 Å². The molecule has 3 rings (SSSR count). The van der Waals surface area contributed by atoms with Gasteiger partial charge in [-0.2, -0.15) is 0 Å². The van der Waals surface area contributed by atoms with Gasteiger partial charge in [-0.15, -0.1) is 0 Å². The molecule has 0 bridgehead atoms. The van der Waals surface area contributed by atoms with Crippen molar-refractivity contribution < 1.29 is 19.0 Å². The van der Waals surface area contributed by atoms with Gasteiger partial charge in [-0.3, -0.25) is 9.78 Å². The van der Waals surface area contributed by atoms with Gasteiger partial charge in [-0.25, -0.2) is 14.4 Å². The number of anilines is 1. The molecule has 28 heavy (non-hydrogen) atoms. The number of aromatic nitrogens is 3. The summed E-state index contributed by atoms with van der Waals surface area (Å²) in [6, 6.07) is 1.19. The van der Waals surface area contributed by atoms with Gasteiger partial charge in [0.05, 0.1) is 42.3 Å². The highest BCUT2D eigenvalue weighted by molar-refractivity contribution is 6.30. The van der Waals surface area contributed by atoms with E-state index in [1.165, 1.54) is 12.3 Å². The number of aliphatic carboxylic acids is 1. The number of hydrogen-bond donors (Lipinski definition) is 1. The van der Waals surface area contributed by atoms with Crippen LogP contribution in [0.1, 0.15) is 31.4 Å². The Morgan fingerprint density at radius 1 is 1.25 bits per heavy atom. The van der Waals surface area contributed by atoms with E-state index >= 15 is 0 Å². The van der Waals surface area contributed by atoms with Gasteiger partial charge in [-0.05, 0) is 31.6 Å². The smallest absolute Gasteiger partial charge is 0.309 e. The Labute approximate surface area is 167 Å². The number of carboxylic acids is 1. The van der Waals surface area contributed by atoms with Gasteiger partial charge in [0.1, 0.15) is 11.6 Å². The number of halogens is 2. The molecule has 7 nitrogen and oxygen atoms in total. The molecule has 0 spiro atoms. The van der Waals surface area contributed by atoms with E-state index in [1.807, 2.05) is 0 Å². The Hall–Kier alpha value is -2.48. The van der Waals surface area contributed by atoms with Crippen LogP contribution in [0, 0.1) is 11.7 Å². The lowest BCUT2D eigenvalue weighted by Crippen LogP contribution is -2.34. The molecule has 1 saturated heterocycles. The minimum Gasteiger partial charge on any atom is -0.492 e. The number of piperidine rings is 1. The average Bonchev–Trinajstić information content (AvgIpc) is 2.68. The van der Waals surface area contributed by atoms with Crippen LogP contribution in [0.5, 0.6) is 5.75 Å². The molecule has 0 radical (unpaired) electrons. The van der Waals surface area contributed by atoms with Crippen LogP contribution in [0.4, 0.5) is 10.3 Å². The molecule has 1 fully saturated rings. The molecule has 9 heteroatoms. The van der Waals surface area contributed by atoms with Crippen molar-refractivity contribution in [2.45, 2.75) is 32.1 Å². The zero-order valence-corrected chi connectivity index (χ0v) is 16.1. The van der Waals surface area contributed by atoms with E-state index in [2.05, 4.69) is 19.9 Å². The van der Waals surface area contributed by atoms with Gasteiger partial charge in [0.25, 0.3) is 0 Å². The highest BCUT2D eigenvalue weighted by Gasteiger charge is 2.20. The first kappa shape index (κ1) is 20.3. The number of nitrogens with zero attached hydrogens (tertiary/aromatic N) is 4. The van der Waals surface area contributed by atoms with Crippen molar-refractivity contribution in [3.8, 4) is 5.75 Å².